The van der Waals surface area contributed by atoms with Gasteiger partial charge in [0.05, 0.1) is 10.7 Å². The minimum Gasteiger partial charge on any atom is -0.365 e. The third-order valence-electron chi connectivity index (χ3n) is 4.07. The third kappa shape index (κ3) is 2.50. The molecule has 2 amide bonds. The Labute approximate surface area is 139 Å². The number of likely N-dealkylation sites (tertiary alicyclic amines) is 1. The number of carbonyl (C=O) groups is 2. The molecule has 1 fully saturated rings. The summed E-state index contributed by atoms with van der Waals surface area (Å²) in [6.07, 6.45) is 2.11. The lowest BCUT2D eigenvalue weighted by molar-refractivity contribution is -0.121. The van der Waals surface area contributed by atoms with Crippen LogP contribution in [0.2, 0.25) is 5.02 Å². The Balaban J connectivity index is 1.95. The number of benzene rings is 1. The molecule has 2 heterocycles. The van der Waals surface area contributed by atoms with Crippen LogP contribution in [-0.2, 0) is 9.59 Å². The van der Waals surface area contributed by atoms with Crippen LogP contribution in [0.4, 0.5) is 5.69 Å². The van der Waals surface area contributed by atoms with Crippen molar-refractivity contribution >= 4 is 40.7 Å². The molecular weight excluding hydrogens is 323 g/mol. The highest BCUT2D eigenvalue weighted by Gasteiger charge is 2.42. The first kappa shape index (κ1) is 15.4. The minimum atomic E-state index is -0.506. The molecule has 0 radical (unpaired) electrons. The Morgan fingerprint density at radius 1 is 1.14 bits per heavy atom. The summed E-state index contributed by atoms with van der Waals surface area (Å²) in [6, 6.07) is 6.77. The molecule has 116 valence electrons. The topological polar surface area (TPSA) is 40.6 Å². The number of anilines is 1. The number of piperidine rings is 1. The maximum atomic E-state index is 12.7. The summed E-state index contributed by atoms with van der Waals surface area (Å²) in [5.41, 5.74) is 0.676. The summed E-state index contributed by atoms with van der Waals surface area (Å²) in [5.74, 6) is -0.423. The predicted octanol–water partition coefficient (Wildman–Crippen LogP) is 3.40. The van der Waals surface area contributed by atoms with E-state index < -0.39 is 11.8 Å². The van der Waals surface area contributed by atoms with Crippen molar-refractivity contribution in [2.24, 2.45) is 5.92 Å². The van der Waals surface area contributed by atoms with Crippen molar-refractivity contribution in [3.05, 3.63) is 40.0 Å². The monoisotopic (exact) mass is 338 g/mol. The van der Waals surface area contributed by atoms with E-state index in [1.807, 2.05) is 4.90 Å². The highest BCUT2D eigenvalue weighted by Crippen LogP contribution is 2.36. The Bertz CT molecular complexity index is 672. The van der Waals surface area contributed by atoms with Crippen LogP contribution < -0.4 is 4.90 Å². The van der Waals surface area contributed by atoms with E-state index in [9.17, 15) is 9.59 Å². The number of carbonyl (C=O) groups excluding carboxylic acids is 2. The standard InChI is InChI=1S/C16H16Cl2N2O2/c1-10-5-4-8-19(9-10)14-13(18)15(21)20(16(14)22)12-7-3-2-6-11(12)17/h2-3,6-7,10H,4-5,8-9H2,1H3/t10-/m0/s1. The van der Waals surface area contributed by atoms with E-state index in [2.05, 4.69) is 6.92 Å². The zero-order valence-electron chi connectivity index (χ0n) is 12.2. The lowest BCUT2D eigenvalue weighted by Crippen LogP contribution is -2.39. The van der Waals surface area contributed by atoms with Crippen LogP contribution in [0.25, 0.3) is 0 Å². The lowest BCUT2D eigenvalue weighted by atomic mass is 10.00. The van der Waals surface area contributed by atoms with E-state index in [1.165, 1.54) is 0 Å². The second kappa shape index (κ2) is 5.94. The van der Waals surface area contributed by atoms with E-state index in [1.54, 1.807) is 24.3 Å². The van der Waals surface area contributed by atoms with Gasteiger partial charge in [-0.3, -0.25) is 9.59 Å². The number of nitrogens with zero attached hydrogens (tertiary/aromatic N) is 2. The number of imide groups is 1. The van der Waals surface area contributed by atoms with Gasteiger partial charge in [-0.2, -0.15) is 0 Å². The first-order valence-corrected chi connectivity index (χ1v) is 8.04. The van der Waals surface area contributed by atoms with Gasteiger partial charge in [0.15, 0.2) is 0 Å². The van der Waals surface area contributed by atoms with Gasteiger partial charge in [0, 0.05) is 13.1 Å². The van der Waals surface area contributed by atoms with Crippen LogP contribution in [0.3, 0.4) is 0 Å². The molecule has 6 heteroatoms. The molecule has 0 bridgehead atoms. The van der Waals surface area contributed by atoms with E-state index in [0.717, 1.165) is 30.8 Å². The van der Waals surface area contributed by atoms with Crippen LogP contribution >= 0.6 is 23.2 Å². The Hall–Kier alpha value is -1.52. The first-order chi connectivity index (χ1) is 10.5. The summed E-state index contributed by atoms with van der Waals surface area (Å²) in [6.45, 7) is 3.61. The second-order valence-electron chi connectivity index (χ2n) is 5.75. The Morgan fingerprint density at radius 3 is 2.55 bits per heavy atom. The molecule has 0 spiro atoms. The van der Waals surface area contributed by atoms with Gasteiger partial charge in [0.25, 0.3) is 11.8 Å². The fourth-order valence-corrected chi connectivity index (χ4v) is 3.52. The molecule has 2 aliphatic heterocycles. The number of hydrogen-bond donors (Lipinski definition) is 0. The van der Waals surface area contributed by atoms with E-state index in [4.69, 9.17) is 23.2 Å². The molecule has 0 unspecified atom stereocenters. The maximum absolute atomic E-state index is 12.7. The minimum absolute atomic E-state index is 0.0148. The van der Waals surface area contributed by atoms with Crippen molar-refractivity contribution in [3.63, 3.8) is 0 Å². The summed E-state index contributed by atoms with van der Waals surface area (Å²) >= 11 is 12.3. The van der Waals surface area contributed by atoms with Crippen molar-refractivity contribution in [2.75, 3.05) is 18.0 Å². The van der Waals surface area contributed by atoms with Crippen LogP contribution in [0, 0.1) is 5.92 Å². The molecule has 1 saturated heterocycles. The lowest BCUT2D eigenvalue weighted by Gasteiger charge is -2.33. The molecule has 0 N–H and O–H groups in total. The summed E-state index contributed by atoms with van der Waals surface area (Å²) in [5, 5.41) is 0.334. The highest BCUT2D eigenvalue weighted by atomic mass is 35.5. The van der Waals surface area contributed by atoms with Gasteiger partial charge in [-0.1, -0.05) is 42.3 Å². The second-order valence-corrected chi connectivity index (χ2v) is 6.54. The molecule has 4 nitrogen and oxygen atoms in total. The molecule has 2 aliphatic rings. The van der Waals surface area contributed by atoms with Gasteiger partial charge in [-0.15, -0.1) is 0 Å². The molecular formula is C16H16Cl2N2O2. The van der Waals surface area contributed by atoms with E-state index in [0.29, 0.717) is 22.3 Å². The SMILES string of the molecule is C[C@H]1CCCN(C2=C(Cl)C(=O)N(c3ccccc3Cl)C2=O)C1. The molecule has 1 atom stereocenters. The summed E-state index contributed by atoms with van der Waals surface area (Å²) in [4.78, 5) is 28.2. The predicted molar refractivity (Wildman–Crippen MR) is 86.8 cm³/mol. The van der Waals surface area contributed by atoms with Crippen molar-refractivity contribution < 1.29 is 9.59 Å². The van der Waals surface area contributed by atoms with Crippen LogP contribution in [-0.4, -0.2) is 29.8 Å². The van der Waals surface area contributed by atoms with Gasteiger partial charge in [0.2, 0.25) is 0 Å². The highest BCUT2D eigenvalue weighted by molar-refractivity contribution is 6.53. The van der Waals surface area contributed by atoms with Crippen molar-refractivity contribution in [1.29, 1.82) is 0 Å². The molecule has 22 heavy (non-hydrogen) atoms. The largest absolute Gasteiger partial charge is 0.365 e. The summed E-state index contributed by atoms with van der Waals surface area (Å²) in [7, 11) is 0. The number of amides is 2. The van der Waals surface area contributed by atoms with Gasteiger partial charge < -0.3 is 4.90 Å². The Morgan fingerprint density at radius 2 is 1.86 bits per heavy atom. The number of hydrogen-bond acceptors (Lipinski definition) is 3. The number of para-hydroxylation sites is 1. The molecule has 0 aliphatic carbocycles. The molecule has 0 saturated carbocycles. The normalized spacial score (nSPS) is 22.8. The zero-order chi connectivity index (χ0) is 15.9. The van der Waals surface area contributed by atoms with Crippen molar-refractivity contribution in [2.45, 2.75) is 19.8 Å². The molecule has 0 aromatic heterocycles. The summed E-state index contributed by atoms with van der Waals surface area (Å²) < 4.78 is 0. The zero-order valence-corrected chi connectivity index (χ0v) is 13.7. The fraction of sp³-hybridized carbons (Fsp3) is 0.375. The van der Waals surface area contributed by atoms with E-state index >= 15 is 0 Å². The van der Waals surface area contributed by atoms with Crippen LogP contribution in [0.15, 0.2) is 35.0 Å². The van der Waals surface area contributed by atoms with Gasteiger partial charge in [-0.05, 0) is 30.9 Å². The first-order valence-electron chi connectivity index (χ1n) is 7.28. The Kier molecular flexibility index (Phi) is 4.15. The van der Waals surface area contributed by atoms with Crippen LogP contribution in [0.1, 0.15) is 19.8 Å². The number of rotatable bonds is 2. The average molecular weight is 339 g/mol. The molecule has 3 rings (SSSR count). The average Bonchev–Trinajstić information content (AvgIpc) is 2.70. The third-order valence-corrected chi connectivity index (χ3v) is 4.73. The maximum Gasteiger partial charge on any atom is 0.283 e. The molecule has 1 aromatic carbocycles. The number of halogens is 2. The fourth-order valence-electron chi connectivity index (χ4n) is 3.01. The van der Waals surface area contributed by atoms with Gasteiger partial charge >= 0.3 is 0 Å². The quantitative estimate of drug-likeness (QED) is 0.776. The molecule has 1 aromatic rings. The van der Waals surface area contributed by atoms with Crippen molar-refractivity contribution in [3.8, 4) is 0 Å². The van der Waals surface area contributed by atoms with E-state index in [-0.39, 0.29) is 5.03 Å². The van der Waals surface area contributed by atoms with Gasteiger partial charge in [0.1, 0.15) is 10.7 Å². The van der Waals surface area contributed by atoms with Crippen LogP contribution in [0.5, 0.6) is 0 Å². The van der Waals surface area contributed by atoms with Gasteiger partial charge in [-0.25, -0.2) is 4.90 Å². The van der Waals surface area contributed by atoms with Crippen molar-refractivity contribution in [1.82, 2.24) is 4.90 Å². The smallest absolute Gasteiger partial charge is 0.283 e.